The van der Waals surface area contributed by atoms with Crippen LogP contribution in [0.15, 0.2) is 35.1 Å². The Kier molecular flexibility index (Phi) is 4.26. The maximum absolute atomic E-state index is 11.9. The van der Waals surface area contributed by atoms with Crippen LogP contribution >= 0.6 is 0 Å². The molecule has 0 bridgehead atoms. The van der Waals surface area contributed by atoms with Crippen LogP contribution in [0.1, 0.15) is 26.3 Å². The highest BCUT2D eigenvalue weighted by molar-refractivity contribution is 5.78. The number of fused-ring (bicyclic) bond motifs is 1. The second-order valence-corrected chi connectivity index (χ2v) is 6.22. The van der Waals surface area contributed by atoms with E-state index in [1.54, 1.807) is 0 Å². The van der Waals surface area contributed by atoms with E-state index in [0.717, 1.165) is 10.9 Å². The summed E-state index contributed by atoms with van der Waals surface area (Å²) in [6.07, 6.45) is -0.443. The minimum atomic E-state index is -0.443. The summed E-state index contributed by atoms with van der Waals surface area (Å²) in [6.45, 7) is 6.88. The number of hydrogen-bond donors (Lipinski definition) is 3. The van der Waals surface area contributed by atoms with Gasteiger partial charge in [0, 0.05) is 24.2 Å². The van der Waals surface area contributed by atoms with Gasteiger partial charge >= 0.3 is 0 Å². The number of aliphatic hydroxyl groups is 1. The average Bonchev–Trinajstić information content (AvgIpc) is 2.38. The molecule has 0 spiro atoms. The molecule has 0 radical (unpaired) electrons. The van der Waals surface area contributed by atoms with Crippen LogP contribution in [0.25, 0.3) is 10.9 Å². The number of aromatic nitrogens is 1. The van der Waals surface area contributed by atoms with E-state index in [-0.39, 0.29) is 11.0 Å². The summed E-state index contributed by atoms with van der Waals surface area (Å²) < 4.78 is 0. The van der Waals surface area contributed by atoms with Gasteiger partial charge in [0.15, 0.2) is 0 Å². The maximum atomic E-state index is 11.9. The minimum Gasteiger partial charge on any atom is -0.391 e. The zero-order chi connectivity index (χ0) is 14.8. The van der Waals surface area contributed by atoms with E-state index < -0.39 is 6.10 Å². The topological polar surface area (TPSA) is 65.1 Å². The van der Waals surface area contributed by atoms with E-state index in [1.807, 2.05) is 51.1 Å². The summed E-state index contributed by atoms with van der Waals surface area (Å²) in [5, 5.41) is 14.1. The van der Waals surface area contributed by atoms with Crippen LogP contribution in [0.2, 0.25) is 0 Å². The second-order valence-electron chi connectivity index (χ2n) is 6.22. The molecule has 0 aliphatic rings. The lowest BCUT2D eigenvalue weighted by Crippen LogP contribution is -2.37. The van der Waals surface area contributed by atoms with Gasteiger partial charge in [-0.25, -0.2) is 0 Å². The minimum absolute atomic E-state index is 0.0820. The van der Waals surface area contributed by atoms with Crippen molar-refractivity contribution in [3.8, 4) is 0 Å². The Hall–Kier alpha value is -1.65. The predicted molar refractivity (Wildman–Crippen MR) is 81.7 cm³/mol. The zero-order valence-electron chi connectivity index (χ0n) is 12.2. The first kappa shape index (κ1) is 14.8. The van der Waals surface area contributed by atoms with Crippen molar-refractivity contribution in [2.75, 3.05) is 6.54 Å². The van der Waals surface area contributed by atoms with Crippen LogP contribution in [0.4, 0.5) is 0 Å². The number of nitrogens with one attached hydrogen (secondary N) is 2. The van der Waals surface area contributed by atoms with Gasteiger partial charge in [0.05, 0.1) is 6.10 Å². The fourth-order valence-electron chi connectivity index (χ4n) is 1.97. The molecule has 1 heterocycles. The first-order valence-electron chi connectivity index (χ1n) is 6.87. The summed E-state index contributed by atoms with van der Waals surface area (Å²) >= 11 is 0. The van der Waals surface area contributed by atoms with Crippen LogP contribution in [0.3, 0.4) is 0 Å². The van der Waals surface area contributed by atoms with E-state index in [1.165, 1.54) is 0 Å². The van der Waals surface area contributed by atoms with Crippen LogP contribution in [-0.4, -0.2) is 22.7 Å². The lowest BCUT2D eigenvalue weighted by Gasteiger charge is -2.25. The number of para-hydroxylation sites is 1. The van der Waals surface area contributed by atoms with Crippen molar-refractivity contribution in [2.24, 2.45) is 5.41 Å². The normalized spacial score (nSPS) is 13.6. The number of aliphatic hydroxyl groups excluding tert-OH is 1. The molecule has 0 amide bonds. The van der Waals surface area contributed by atoms with Gasteiger partial charge in [-0.1, -0.05) is 39.0 Å². The molecule has 20 heavy (non-hydrogen) atoms. The van der Waals surface area contributed by atoms with Gasteiger partial charge in [0.25, 0.3) is 5.56 Å². The van der Waals surface area contributed by atoms with Crippen molar-refractivity contribution in [1.82, 2.24) is 10.3 Å². The number of H-pyrrole nitrogens is 1. The summed E-state index contributed by atoms with van der Waals surface area (Å²) in [6, 6.07) is 9.60. The molecule has 0 aliphatic carbocycles. The van der Waals surface area contributed by atoms with Gasteiger partial charge in [-0.3, -0.25) is 4.79 Å². The molecule has 2 rings (SSSR count). The maximum Gasteiger partial charge on any atom is 0.252 e. The van der Waals surface area contributed by atoms with Crippen LogP contribution in [0, 0.1) is 5.41 Å². The number of hydrogen-bond acceptors (Lipinski definition) is 3. The fraction of sp³-hybridized carbons (Fsp3) is 0.438. The smallest absolute Gasteiger partial charge is 0.252 e. The molecule has 0 saturated carbocycles. The summed E-state index contributed by atoms with van der Waals surface area (Å²) in [5.41, 5.74) is 1.28. The highest BCUT2D eigenvalue weighted by Crippen LogP contribution is 2.18. The third-order valence-electron chi connectivity index (χ3n) is 3.48. The highest BCUT2D eigenvalue weighted by atomic mass is 16.3. The molecule has 1 atom stereocenters. The van der Waals surface area contributed by atoms with Gasteiger partial charge in [-0.2, -0.15) is 0 Å². The van der Waals surface area contributed by atoms with E-state index in [4.69, 9.17) is 0 Å². The van der Waals surface area contributed by atoms with Crippen LogP contribution in [0.5, 0.6) is 0 Å². The standard InChI is InChI=1S/C16H22N2O2/c1-16(2,3)14(19)10-17-9-12-8-11-6-4-5-7-13(11)18-15(12)20/h4-8,14,17,19H,9-10H2,1-3H3,(H,18,20). The molecule has 0 saturated heterocycles. The molecule has 2 aromatic rings. The molecule has 3 N–H and O–H groups in total. The third kappa shape index (κ3) is 3.46. The number of pyridine rings is 1. The quantitative estimate of drug-likeness (QED) is 0.799. The SMILES string of the molecule is CC(C)(C)C(O)CNCc1cc2ccccc2[nH]c1=O. The van der Waals surface area contributed by atoms with Gasteiger partial charge in [0.1, 0.15) is 0 Å². The van der Waals surface area contributed by atoms with Crippen molar-refractivity contribution in [3.63, 3.8) is 0 Å². The number of rotatable bonds is 4. The lowest BCUT2D eigenvalue weighted by molar-refractivity contribution is 0.0627. The van der Waals surface area contributed by atoms with E-state index in [2.05, 4.69) is 10.3 Å². The highest BCUT2D eigenvalue weighted by Gasteiger charge is 2.21. The van der Waals surface area contributed by atoms with E-state index in [0.29, 0.717) is 18.7 Å². The van der Waals surface area contributed by atoms with Crippen LogP contribution in [-0.2, 0) is 6.54 Å². The fourth-order valence-corrected chi connectivity index (χ4v) is 1.97. The lowest BCUT2D eigenvalue weighted by atomic mass is 9.89. The second kappa shape index (κ2) is 5.77. The van der Waals surface area contributed by atoms with Crippen molar-refractivity contribution in [2.45, 2.75) is 33.4 Å². The van der Waals surface area contributed by atoms with Crippen molar-refractivity contribution in [1.29, 1.82) is 0 Å². The molecule has 1 aromatic carbocycles. The van der Waals surface area contributed by atoms with Crippen molar-refractivity contribution in [3.05, 3.63) is 46.2 Å². The van der Waals surface area contributed by atoms with Crippen molar-refractivity contribution < 1.29 is 5.11 Å². The first-order chi connectivity index (χ1) is 9.38. The van der Waals surface area contributed by atoms with Crippen LogP contribution < -0.4 is 10.9 Å². The Morgan fingerprint density at radius 2 is 2.00 bits per heavy atom. The molecule has 1 unspecified atom stereocenters. The molecule has 108 valence electrons. The Labute approximate surface area is 118 Å². The predicted octanol–water partition coefficient (Wildman–Crippen LogP) is 2.02. The summed E-state index contributed by atoms with van der Waals surface area (Å²) in [5.74, 6) is 0. The molecular weight excluding hydrogens is 252 g/mol. The summed E-state index contributed by atoms with van der Waals surface area (Å²) in [7, 11) is 0. The van der Waals surface area contributed by atoms with Gasteiger partial charge < -0.3 is 15.4 Å². The number of aromatic amines is 1. The van der Waals surface area contributed by atoms with Gasteiger partial charge in [-0.15, -0.1) is 0 Å². The largest absolute Gasteiger partial charge is 0.391 e. The number of benzene rings is 1. The average molecular weight is 274 g/mol. The zero-order valence-corrected chi connectivity index (χ0v) is 12.2. The Balaban J connectivity index is 2.07. The Morgan fingerprint density at radius 1 is 1.30 bits per heavy atom. The summed E-state index contributed by atoms with van der Waals surface area (Å²) in [4.78, 5) is 14.8. The van der Waals surface area contributed by atoms with Gasteiger partial charge in [-0.05, 0) is 22.9 Å². The molecular formula is C16H22N2O2. The molecule has 4 nitrogen and oxygen atoms in total. The van der Waals surface area contributed by atoms with Gasteiger partial charge in [0.2, 0.25) is 0 Å². The Bertz CT molecular complexity index is 641. The van der Waals surface area contributed by atoms with E-state index >= 15 is 0 Å². The molecule has 0 fully saturated rings. The van der Waals surface area contributed by atoms with E-state index in [9.17, 15) is 9.90 Å². The monoisotopic (exact) mass is 274 g/mol. The Morgan fingerprint density at radius 3 is 2.70 bits per heavy atom. The first-order valence-corrected chi connectivity index (χ1v) is 6.87. The molecule has 0 aliphatic heterocycles. The van der Waals surface area contributed by atoms with Crippen molar-refractivity contribution >= 4 is 10.9 Å². The molecule has 4 heteroatoms. The molecule has 1 aromatic heterocycles. The third-order valence-corrected chi connectivity index (χ3v) is 3.48.